The minimum atomic E-state index is -3.91. The molecule has 0 aliphatic rings. The Labute approximate surface area is 244 Å². The smallest absolute Gasteiger partial charge is 0.244 e. The van der Waals surface area contributed by atoms with E-state index in [2.05, 4.69) is 5.32 Å². The lowest BCUT2D eigenvalue weighted by atomic mass is 10.00. The average Bonchev–Trinajstić information content (AvgIpc) is 2.89. The van der Waals surface area contributed by atoms with Crippen molar-refractivity contribution in [2.45, 2.75) is 59.2 Å². The Kier molecular flexibility index (Phi) is 10.2. The van der Waals surface area contributed by atoms with E-state index in [4.69, 9.17) is 4.74 Å². The molecule has 220 valence electrons. The van der Waals surface area contributed by atoms with Crippen molar-refractivity contribution in [3.05, 3.63) is 95.1 Å². The molecule has 0 fully saturated rings. The summed E-state index contributed by atoms with van der Waals surface area (Å²) < 4.78 is 32.7. The number of rotatable bonds is 11. The van der Waals surface area contributed by atoms with E-state index in [9.17, 15) is 18.0 Å². The summed E-state index contributed by atoms with van der Waals surface area (Å²) in [6.45, 7) is 9.05. The average molecular weight is 580 g/mol. The van der Waals surface area contributed by atoms with E-state index in [0.29, 0.717) is 5.75 Å². The zero-order valence-electron chi connectivity index (χ0n) is 25.0. The number of methoxy groups -OCH3 is 1. The van der Waals surface area contributed by atoms with Crippen molar-refractivity contribution < 1.29 is 22.7 Å². The highest BCUT2D eigenvalue weighted by atomic mass is 32.2. The van der Waals surface area contributed by atoms with E-state index in [-0.39, 0.29) is 24.6 Å². The number of hydrogen-bond acceptors (Lipinski definition) is 5. The van der Waals surface area contributed by atoms with Gasteiger partial charge in [-0.05, 0) is 69.0 Å². The van der Waals surface area contributed by atoms with Gasteiger partial charge in [-0.25, -0.2) is 8.42 Å². The first-order valence-electron chi connectivity index (χ1n) is 13.5. The van der Waals surface area contributed by atoms with Crippen LogP contribution in [0.2, 0.25) is 0 Å². The second kappa shape index (κ2) is 13.2. The van der Waals surface area contributed by atoms with Crippen molar-refractivity contribution in [3.63, 3.8) is 0 Å². The molecule has 3 aromatic carbocycles. The molecule has 0 saturated heterocycles. The molecule has 0 unspecified atom stereocenters. The van der Waals surface area contributed by atoms with Gasteiger partial charge in [0.2, 0.25) is 21.8 Å². The molecule has 0 aliphatic heterocycles. The number of nitrogens with one attached hydrogen (secondary N) is 1. The third-order valence-corrected chi connectivity index (χ3v) is 7.78. The number of carbonyl (C=O) groups is 2. The molecule has 41 heavy (non-hydrogen) atoms. The first-order chi connectivity index (χ1) is 19.2. The first-order valence-corrected chi connectivity index (χ1v) is 15.4. The predicted octanol–water partition coefficient (Wildman–Crippen LogP) is 4.63. The van der Waals surface area contributed by atoms with Crippen LogP contribution < -0.4 is 14.4 Å². The Morgan fingerprint density at radius 1 is 0.951 bits per heavy atom. The number of amides is 2. The second-order valence-electron chi connectivity index (χ2n) is 11.3. The topological polar surface area (TPSA) is 96.0 Å². The van der Waals surface area contributed by atoms with E-state index in [1.54, 1.807) is 12.1 Å². The third-order valence-electron chi connectivity index (χ3n) is 6.65. The third kappa shape index (κ3) is 8.82. The minimum absolute atomic E-state index is 0.128. The monoisotopic (exact) mass is 579 g/mol. The molecule has 1 atom stereocenters. The summed E-state index contributed by atoms with van der Waals surface area (Å²) in [4.78, 5) is 29.6. The van der Waals surface area contributed by atoms with E-state index in [1.807, 2.05) is 95.3 Å². The lowest BCUT2D eigenvalue weighted by Crippen LogP contribution is -2.56. The number of aryl methyl sites for hydroxylation is 2. The number of ether oxygens (including phenoxy) is 1. The van der Waals surface area contributed by atoms with Gasteiger partial charge in [-0.15, -0.1) is 0 Å². The fourth-order valence-corrected chi connectivity index (χ4v) is 5.41. The highest BCUT2D eigenvalue weighted by molar-refractivity contribution is 7.92. The second-order valence-corrected chi connectivity index (χ2v) is 13.2. The zero-order valence-corrected chi connectivity index (χ0v) is 25.8. The molecule has 0 heterocycles. The number of benzene rings is 3. The molecule has 0 spiro atoms. The number of sulfonamides is 1. The standard InChI is InChI=1S/C32H41N3O5S/c1-23-17-18-29(40-6)27(19-23)35(41(7,38)39)22-30(36)34(21-26-16-12-11-13-24(26)2)28(31(37)33-32(3,4)5)20-25-14-9-8-10-15-25/h8-19,28H,20-22H2,1-7H3,(H,33,37)/t28-/m0/s1. The largest absolute Gasteiger partial charge is 0.495 e. The quantitative estimate of drug-likeness (QED) is 0.357. The number of anilines is 1. The van der Waals surface area contributed by atoms with Crippen molar-refractivity contribution in [1.82, 2.24) is 10.2 Å². The molecular formula is C32H41N3O5S. The summed E-state index contributed by atoms with van der Waals surface area (Å²) in [5.41, 5.74) is 3.23. The van der Waals surface area contributed by atoms with Gasteiger partial charge in [-0.2, -0.15) is 0 Å². The van der Waals surface area contributed by atoms with Gasteiger partial charge in [0.05, 0.1) is 19.1 Å². The van der Waals surface area contributed by atoms with Gasteiger partial charge in [0.15, 0.2) is 0 Å². The highest BCUT2D eigenvalue weighted by Gasteiger charge is 2.35. The van der Waals surface area contributed by atoms with Gasteiger partial charge >= 0.3 is 0 Å². The molecule has 0 bridgehead atoms. The van der Waals surface area contributed by atoms with Crippen LogP contribution in [0, 0.1) is 13.8 Å². The van der Waals surface area contributed by atoms with Gasteiger partial charge in [0.1, 0.15) is 18.3 Å². The lowest BCUT2D eigenvalue weighted by molar-refractivity contribution is -0.140. The zero-order chi connectivity index (χ0) is 30.4. The maximum atomic E-state index is 14.3. The molecule has 0 radical (unpaired) electrons. The van der Waals surface area contributed by atoms with Crippen LogP contribution in [0.3, 0.4) is 0 Å². The summed E-state index contributed by atoms with van der Waals surface area (Å²) in [5, 5.41) is 3.03. The van der Waals surface area contributed by atoms with E-state index in [1.165, 1.54) is 12.0 Å². The van der Waals surface area contributed by atoms with Crippen molar-refractivity contribution >= 4 is 27.5 Å². The lowest BCUT2D eigenvalue weighted by Gasteiger charge is -2.35. The van der Waals surface area contributed by atoms with Crippen LogP contribution in [0.25, 0.3) is 0 Å². The Balaban J connectivity index is 2.13. The van der Waals surface area contributed by atoms with Crippen LogP contribution in [-0.2, 0) is 32.6 Å². The number of carbonyl (C=O) groups excluding carboxylic acids is 2. The van der Waals surface area contributed by atoms with Crippen molar-refractivity contribution in [2.24, 2.45) is 0 Å². The van der Waals surface area contributed by atoms with Crippen molar-refractivity contribution in [1.29, 1.82) is 0 Å². The van der Waals surface area contributed by atoms with E-state index < -0.39 is 34.1 Å². The highest BCUT2D eigenvalue weighted by Crippen LogP contribution is 2.31. The molecular weight excluding hydrogens is 538 g/mol. The summed E-state index contributed by atoms with van der Waals surface area (Å²) in [6, 6.07) is 21.4. The molecule has 8 nitrogen and oxygen atoms in total. The Morgan fingerprint density at radius 3 is 2.17 bits per heavy atom. The Hall–Kier alpha value is -3.85. The molecule has 0 aromatic heterocycles. The van der Waals surface area contributed by atoms with Crippen LogP contribution in [0.15, 0.2) is 72.8 Å². The minimum Gasteiger partial charge on any atom is -0.495 e. The van der Waals surface area contributed by atoms with Crippen molar-refractivity contribution in [2.75, 3.05) is 24.2 Å². The Morgan fingerprint density at radius 2 is 1.59 bits per heavy atom. The molecule has 2 amide bonds. The van der Waals surface area contributed by atoms with Crippen LogP contribution in [0.1, 0.15) is 43.0 Å². The molecule has 9 heteroatoms. The normalized spacial score (nSPS) is 12.4. The summed E-state index contributed by atoms with van der Waals surface area (Å²) in [5.74, 6) is -0.500. The molecule has 0 aliphatic carbocycles. The molecule has 1 N–H and O–H groups in total. The predicted molar refractivity (Wildman–Crippen MR) is 163 cm³/mol. The molecule has 3 aromatic rings. The van der Waals surface area contributed by atoms with Crippen LogP contribution in [0.5, 0.6) is 5.75 Å². The molecule has 3 rings (SSSR count). The van der Waals surface area contributed by atoms with Crippen LogP contribution >= 0.6 is 0 Å². The SMILES string of the molecule is COc1ccc(C)cc1N(CC(=O)N(Cc1ccccc1C)[C@@H](Cc1ccccc1)C(=O)NC(C)(C)C)S(C)(=O)=O. The number of hydrogen-bond donors (Lipinski definition) is 1. The molecule has 0 saturated carbocycles. The fraction of sp³-hybridized carbons (Fsp3) is 0.375. The van der Waals surface area contributed by atoms with Crippen LogP contribution in [-0.4, -0.2) is 56.6 Å². The van der Waals surface area contributed by atoms with E-state index >= 15 is 0 Å². The first kappa shape index (κ1) is 31.7. The summed E-state index contributed by atoms with van der Waals surface area (Å²) in [7, 11) is -2.45. The van der Waals surface area contributed by atoms with Crippen molar-refractivity contribution in [3.8, 4) is 5.75 Å². The van der Waals surface area contributed by atoms with Gasteiger partial charge in [-0.1, -0.05) is 60.7 Å². The van der Waals surface area contributed by atoms with Gasteiger partial charge in [-0.3, -0.25) is 13.9 Å². The van der Waals surface area contributed by atoms with Gasteiger partial charge in [0.25, 0.3) is 0 Å². The maximum Gasteiger partial charge on any atom is 0.244 e. The maximum absolute atomic E-state index is 14.3. The summed E-state index contributed by atoms with van der Waals surface area (Å²) in [6.07, 6.45) is 1.31. The summed E-state index contributed by atoms with van der Waals surface area (Å²) >= 11 is 0. The van der Waals surface area contributed by atoms with Gasteiger partial charge < -0.3 is 15.0 Å². The fourth-order valence-electron chi connectivity index (χ4n) is 4.57. The van der Waals surface area contributed by atoms with Crippen LogP contribution in [0.4, 0.5) is 5.69 Å². The van der Waals surface area contributed by atoms with E-state index in [0.717, 1.165) is 32.8 Å². The number of nitrogens with zero attached hydrogens (tertiary/aromatic N) is 2. The Bertz CT molecular complexity index is 1470. The van der Waals surface area contributed by atoms with Gasteiger partial charge in [0, 0.05) is 18.5 Å².